The van der Waals surface area contributed by atoms with Crippen molar-refractivity contribution in [3.8, 4) is 0 Å². The molecule has 0 saturated heterocycles. The van der Waals surface area contributed by atoms with Gasteiger partial charge in [0.15, 0.2) is 0 Å². The van der Waals surface area contributed by atoms with Gasteiger partial charge in [0, 0.05) is 6.42 Å². The number of hydrogen-bond acceptors (Lipinski definition) is 5. The zero-order chi connectivity index (χ0) is 10.3. The van der Waals surface area contributed by atoms with Crippen LogP contribution in [0.2, 0.25) is 0 Å². The fourth-order valence-electron chi connectivity index (χ4n) is 0.400. The van der Waals surface area contributed by atoms with Gasteiger partial charge in [0.25, 0.3) is 0 Å². The summed E-state index contributed by atoms with van der Waals surface area (Å²) in [6, 6.07) is 0. The molecule has 1 N–H and O–H groups in total. The highest BCUT2D eigenvalue weighted by molar-refractivity contribution is 8.00. The van der Waals surface area contributed by atoms with Gasteiger partial charge < -0.3 is 4.74 Å². The average Bonchev–Trinajstić information content (AvgIpc) is 2.01. The smallest absolute Gasteiger partial charge is 0.306 e. The van der Waals surface area contributed by atoms with E-state index in [0.717, 1.165) is 6.26 Å². The molecular weight excluding hydrogens is 214 g/mol. The summed E-state index contributed by atoms with van der Waals surface area (Å²) in [4.78, 5) is 10.6. The predicted octanol–water partition coefficient (Wildman–Crippen LogP) is 0.137. The van der Waals surface area contributed by atoms with E-state index >= 15 is 0 Å². The molecule has 13 heavy (non-hydrogen) atoms. The van der Waals surface area contributed by atoms with Crippen molar-refractivity contribution >= 4 is 27.8 Å². The molecule has 0 radical (unpaired) electrons. The number of carbonyl (C=O) groups excluding carboxylic acids is 1. The molecule has 7 heteroatoms. The zero-order valence-corrected chi connectivity index (χ0v) is 9.20. The van der Waals surface area contributed by atoms with E-state index in [1.165, 1.54) is 11.8 Å². The van der Waals surface area contributed by atoms with Gasteiger partial charge in [-0.05, 0) is 0 Å². The fraction of sp³-hybridized carbons (Fsp3) is 0.833. The van der Waals surface area contributed by atoms with Crippen LogP contribution in [0.15, 0.2) is 0 Å². The zero-order valence-electron chi connectivity index (χ0n) is 7.57. The average molecular weight is 227 g/mol. The van der Waals surface area contributed by atoms with E-state index in [1.54, 1.807) is 6.92 Å². The molecule has 0 amide bonds. The molecule has 78 valence electrons. The van der Waals surface area contributed by atoms with Gasteiger partial charge in [-0.3, -0.25) is 4.79 Å². The number of sulfonamides is 1. The second-order valence-corrected chi connectivity index (χ2v) is 5.02. The quantitative estimate of drug-likeness (QED) is 0.397. The number of thioether (sulfide) groups is 1. The van der Waals surface area contributed by atoms with Crippen LogP contribution in [0.25, 0.3) is 0 Å². The van der Waals surface area contributed by atoms with Gasteiger partial charge in [-0.25, -0.2) is 13.1 Å². The van der Waals surface area contributed by atoms with E-state index in [2.05, 4.69) is 4.72 Å². The molecule has 0 saturated carbocycles. The Balaban J connectivity index is 3.33. The van der Waals surface area contributed by atoms with Crippen LogP contribution in [0, 0.1) is 0 Å². The van der Waals surface area contributed by atoms with Crippen molar-refractivity contribution in [1.29, 1.82) is 0 Å². The normalized spacial score (nSPS) is 11.2. The van der Waals surface area contributed by atoms with E-state index < -0.39 is 10.0 Å². The highest BCUT2D eigenvalue weighted by Crippen LogP contribution is 1.99. The van der Waals surface area contributed by atoms with Crippen LogP contribution in [-0.2, 0) is 19.6 Å². The van der Waals surface area contributed by atoms with Gasteiger partial charge in [0.05, 0.1) is 12.1 Å². The minimum Gasteiger partial charge on any atom is -0.455 e. The van der Waals surface area contributed by atoms with Crippen molar-refractivity contribution in [1.82, 2.24) is 4.72 Å². The molecule has 0 bridgehead atoms. The minimum absolute atomic E-state index is 0.176. The van der Waals surface area contributed by atoms with E-state index in [9.17, 15) is 13.2 Å². The second kappa shape index (κ2) is 6.22. The van der Waals surface area contributed by atoms with Gasteiger partial charge in [-0.2, -0.15) is 0 Å². The summed E-state index contributed by atoms with van der Waals surface area (Å²) >= 11 is 1.19. The van der Waals surface area contributed by atoms with Gasteiger partial charge in [0.2, 0.25) is 10.0 Å². The first-order valence-electron chi connectivity index (χ1n) is 3.63. The molecule has 0 aliphatic heterocycles. The monoisotopic (exact) mass is 227 g/mol. The molecule has 0 aromatic heterocycles. The molecule has 0 heterocycles. The standard InChI is InChI=1S/C6H13NO4S2/c1-3-6(8)11-5-12-4-7-13(2,9)10/h7H,3-5H2,1-2H3. The summed E-state index contributed by atoms with van der Waals surface area (Å²) < 4.78 is 28.1. The third kappa shape index (κ3) is 9.65. The van der Waals surface area contributed by atoms with Crippen LogP contribution in [0.1, 0.15) is 13.3 Å². The van der Waals surface area contributed by atoms with Gasteiger partial charge in [0.1, 0.15) is 5.94 Å². The van der Waals surface area contributed by atoms with E-state index in [0.29, 0.717) is 6.42 Å². The lowest BCUT2D eigenvalue weighted by Crippen LogP contribution is -2.21. The largest absolute Gasteiger partial charge is 0.455 e. The second-order valence-electron chi connectivity index (χ2n) is 2.25. The number of hydrogen-bond donors (Lipinski definition) is 1. The molecule has 0 rings (SSSR count). The van der Waals surface area contributed by atoms with Crippen LogP contribution in [0.4, 0.5) is 0 Å². The molecule has 0 aliphatic carbocycles. The Morgan fingerprint density at radius 3 is 2.62 bits per heavy atom. The Hall–Kier alpha value is -0.270. The lowest BCUT2D eigenvalue weighted by Gasteiger charge is -2.03. The summed E-state index contributed by atoms with van der Waals surface area (Å²) in [7, 11) is -3.14. The Kier molecular flexibility index (Phi) is 6.10. The Bertz CT molecular complexity index is 249. The topological polar surface area (TPSA) is 72.5 Å². The van der Waals surface area contributed by atoms with Crippen molar-refractivity contribution in [2.45, 2.75) is 13.3 Å². The maximum atomic E-state index is 10.6. The van der Waals surface area contributed by atoms with Gasteiger partial charge in [-0.1, -0.05) is 6.92 Å². The first-order valence-corrected chi connectivity index (χ1v) is 6.68. The first kappa shape index (κ1) is 12.7. The molecule has 0 unspecified atom stereocenters. The number of ether oxygens (including phenoxy) is 1. The summed E-state index contributed by atoms with van der Waals surface area (Å²) in [5.41, 5.74) is 0. The number of rotatable bonds is 6. The molecular formula is C6H13NO4S2. The third-order valence-electron chi connectivity index (χ3n) is 1.02. The predicted molar refractivity (Wildman–Crippen MR) is 51.7 cm³/mol. The number of nitrogens with one attached hydrogen (secondary N) is 1. The molecule has 0 aliphatic rings. The maximum Gasteiger partial charge on any atom is 0.306 e. The van der Waals surface area contributed by atoms with Crippen LogP contribution >= 0.6 is 11.8 Å². The summed E-state index contributed by atoms with van der Waals surface area (Å²) in [6.45, 7) is 1.70. The van der Waals surface area contributed by atoms with Crippen molar-refractivity contribution < 1.29 is 17.9 Å². The summed E-state index contributed by atoms with van der Waals surface area (Å²) in [5.74, 6) is 0.109. The van der Waals surface area contributed by atoms with Crippen LogP contribution in [-0.4, -0.2) is 32.5 Å². The van der Waals surface area contributed by atoms with E-state index in [4.69, 9.17) is 4.74 Å². The highest BCUT2D eigenvalue weighted by Gasteiger charge is 2.00. The van der Waals surface area contributed by atoms with Crippen molar-refractivity contribution in [3.05, 3.63) is 0 Å². The highest BCUT2D eigenvalue weighted by atomic mass is 32.2. The summed E-state index contributed by atoms with van der Waals surface area (Å²) in [6.07, 6.45) is 1.41. The maximum absolute atomic E-state index is 10.6. The third-order valence-corrected chi connectivity index (χ3v) is 2.50. The number of esters is 1. The van der Waals surface area contributed by atoms with Gasteiger partial charge >= 0.3 is 5.97 Å². The Labute approximate surface area is 82.3 Å². The van der Waals surface area contributed by atoms with Crippen LogP contribution in [0.3, 0.4) is 0 Å². The fourth-order valence-corrected chi connectivity index (χ4v) is 1.89. The molecule has 0 spiro atoms. The van der Waals surface area contributed by atoms with E-state index in [-0.39, 0.29) is 17.8 Å². The lowest BCUT2D eigenvalue weighted by atomic mass is 10.5. The number of carbonyl (C=O) groups is 1. The SMILES string of the molecule is CCC(=O)OCSCNS(C)(=O)=O. The van der Waals surface area contributed by atoms with Crippen molar-refractivity contribution in [2.24, 2.45) is 0 Å². The molecule has 0 aromatic rings. The van der Waals surface area contributed by atoms with Crippen molar-refractivity contribution in [2.75, 3.05) is 18.1 Å². The lowest BCUT2D eigenvalue weighted by molar-refractivity contribution is -0.140. The Morgan fingerprint density at radius 2 is 2.15 bits per heavy atom. The molecule has 0 atom stereocenters. The molecule has 5 nitrogen and oxygen atoms in total. The Morgan fingerprint density at radius 1 is 1.54 bits per heavy atom. The van der Waals surface area contributed by atoms with Crippen LogP contribution < -0.4 is 4.72 Å². The first-order chi connectivity index (χ1) is 5.95. The van der Waals surface area contributed by atoms with Gasteiger partial charge in [-0.15, -0.1) is 11.8 Å². The van der Waals surface area contributed by atoms with Crippen LogP contribution in [0.5, 0.6) is 0 Å². The van der Waals surface area contributed by atoms with E-state index in [1.807, 2.05) is 0 Å². The minimum atomic E-state index is -3.14. The molecule has 0 aromatic carbocycles. The summed E-state index contributed by atoms with van der Waals surface area (Å²) in [5, 5.41) is 0. The molecule has 0 fully saturated rings. The van der Waals surface area contributed by atoms with Crippen molar-refractivity contribution in [3.63, 3.8) is 0 Å².